The Kier molecular flexibility index (Phi) is 6.20. The Morgan fingerprint density at radius 3 is 2.52 bits per heavy atom. The van der Waals surface area contributed by atoms with E-state index in [0.717, 1.165) is 31.2 Å². The summed E-state index contributed by atoms with van der Waals surface area (Å²) in [4.78, 5) is 38.0. The van der Waals surface area contributed by atoms with Crippen molar-refractivity contribution in [2.45, 2.75) is 71.1 Å². The number of aliphatic hydroxyl groups excluding tert-OH is 1. The number of Topliss-reactive ketones (excluding diaryl/α,β-unsaturated/α-hetero) is 1. The van der Waals surface area contributed by atoms with E-state index in [1.54, 1.807) is 0 Å². The number of amides is 2. The number of carbonyl (C=O) groups is 3. The molecular weight excluding hydrogens is 392 g/mol. The van der Waals surface area contributed by atoms with Gasteiger partial charge in [0.05, 0.1) is 6.04 Å². The Hall–Kier alpha value is -2.21. The monoisotopic (exact) mass is 426 g/mol. The van der Waals surface area contributed by atoms with Crippen molar-refractivity contribution in [3.05, 3.63) is 35.9 Å². The van der Waals surface area contributed by atoms with Gasteiger partial charge in [-0.2, -0.15) is 0 Å². The van der Waals surface area contributed by atoms with Gasteiger partial charge in [0.25, 0.3) is 5.91 Å². The second kappa shape index (κ2) is 8.73. The smallest absolute Gasteiger partial charge is 0.251 e. The van der Waals surface area contributed by atoms with Gasteiger partial charge in [0.2, 0.25) is 5.91 Å². The minimum Gasteiger partial charge on any atom is -0.381 e. The zero-order chi connectivity index (χ0) is 22.2. The zero-order valence-electron chi connectivity index (χ0n) is 18.5. The summed E-state index contributed by atoms with van der Waals surface area (Å²) in [6, 6.07) is 8.73. The molecule has 31 heavy (non-hydrogen) atoms. The maximum atomic E-state index is 13.1. The van der Waals surface area contributed by atoms with E-state index in [4.69, 9.17) is 0 Å². The Morgan fingerprint density at radius 2 is 1.90 bits per heavy atom. The molecule has 3 aliphatic carbocycles. The Morgan fingerprint density at radius 1 is 1.16 bits per heavy atom. The molecule has 0 saturated heterocycles. The van der Waals surface area contributed by atoms with Gasteiger partial charge in [-0.15, -0.1) is 0 Å². The SMILES string of the molecule is CC1(C)[C@@H]2[C@@H](C(=O)N[C@@H](C[C@@H]3CCCC3=O)C(O)C(=O)NCc3ccccc3)CC[C@@H]21. The Bertz CT molecular complexity index is 837. The van der Waals surface area contributed by atoms with Crippen molar-refractivity contribution < 1.29 is 19.5 Å². The van der Waals surface area contributed by atoms with E-state index in [1.807, 2.05) is 30.3 Å². The van der Waals surface area contributed by atoms with E-state index in [9.17, 15) is 19.5 Å². The van der Waals surface area contributed by atoms with E-state index in [0.29, 0.717) is 31.2 Å². The Labute approximate surface area is 184 Å². The van der Waals surface area contributed by atoms with Crippen molar-refractivity contribution in [1.29, 1.82) is 0 Å². The normalized spacial score (nSPS) is 30.4. The van der Waals surface area contributed by atoms with E-state index in [2.05, 4.69) is 24.5 Å². The number of aliphatic hydroxyl groups is 1. The van der Waals surface area contributed by atoms with Crippen LogP contribution < -0.4 is 10.6 Å². The number of hydrogen-bond donors (Lipinski definition) is 3. The number of rotatable bonds is 8. The molecule has 3 saturated carbocycles. The predicted octanol–water partition coefficient (Wildman–Crippen LogP) is 2.59. The third-order valence-electron chi connectivity index (χ3n) is 7.95. The molecular formula is C25H34N2O4. The number of nitrogens with one attached hydrogen (secondary N) is 2. The van der Waals surface area contributed by atoms with Crippen molar-refractivity contribution in [3.63, 3.8) is 0 Å². The summed E-state index contributed by atoms with van der Waals surface area (Å²) in [7, 11) is 0. The highest BCUT2D eigenvalue weighted by Crippen LogP contribution is 2.69. The third kappa shape index (κ3) is 4.54. The third-order valence-corrected chi connectivity index (χ3v) is 7.95. The summed E-state index contributed by atoms with van der Waals surface area (Å²) in [5, 5.41) is 16.6. The topological polar surface area (TPSA) is 95.5 Å². The minimum atomic E-state index is -1.38. The van der Waals surface area contributed by atoms with Crippen LogP contribution in [0, 0.1) is 29.1 Å². The fourth-order valence-corrected chi connectivity index (χ4v) is 6.04. The maximum absolute atomic E-state index is 13.1. The van der Waals surface area contributed by atoms with Gasteiger partial charge in [-0.25, -0.2) is 0 Å². The molecule has 1 aromatic rings. The van der Waals surface area contributed by atoms with Gasteiger partial charge in [0.1, 0.15) is 5.78 Å². The van der Waals surface area contributed by atoms with Crippen LogP contribution in [-0.4, -0.2) is 34.8 Å². The first-order valence-corrected chi connectivity index (χ1v) is 11.6. The average Bonchev–Trinajstić information content (AvgIpc) is 3.15. The molecule has 2 amide bonds. The van der Waals surface area contributed by atoms with Crippen LogP contribution in [0.4, 0.5) is 0 Å². The maximum Gasteiger partial charge on any atom is 0.251 e. The van der Waals surface area contributed by atoms with Gasteiger partial charge in [-0.1, -0.05) is 44.2 Å². The van der Waals surface area contributed by atoms with E-state index in [1.165, 1.54) is 0 Å². The first-order chi connectivity index (χ1) is 14.8. The molecule has 0 bridgehead atoms. The lowest BCUT2D eigenvalue weighted by Crippen LogP contribution is -2.52. The largest absolute Gasteiger partial charge is 0.381 e. The molecule has 0 radical (unpaired) electrons. The highest BCUT2D eigenvalue weighted by Gasteiger charge is 2.65. The lowest BCUT2D eigenvalue weighted by atomic mass is 9.90. The molecule has 0 spiro atoms. The number of benzene rings is 1. The van der Waals surface area contributed by atoms with Crippen molar-refractivity contribution in [1.82, 2.24) is 10.6 Å². The molecule has 1 aromatic carbocycles. The summed E-state index contributed by atoms with van der Waals surface area (Å²) in [6.07, 6.45) is 2.98. The zero-order valence-corrected chi connectivity index (χ0v) is 18.5. The van der Waals surface area contributed by atoms with E-state index in [-0.39, 0.29) is 28.9 Å². The fourth-order valence-electron chi connectivity index (χ4n) is 6.04. The molecule has 0 aliphatic heterocycles. The van der Waals surface area contributed by atoms with Gasteiger partial charge in [0.15, 0.2) is 6.10 Å². The van der Waals surface area contributed by atoms with Crippen molar-refractivity contribution >= 4 is 17.6 Å². The summed E-state index contributed by atoms with van der Waals surface area (Å²) < 4.78 is 0. The lowest BCUT2D eigenvalue weighted by molar-refractivity contribution is -0.135. The highest BCUT2D eigenvalue weighted by molar-refractivity contribution is 5.86. The molecule has 6 atom stereocenters. The number of fused-ring (bicyclic) bond motifs is 1. The summed E-state index contributed by atoms with van der Waals surface area (Å²) >= 11 is 0. The van der Waals surface area contributed by atoms with Crippen LogP contribution in [0.1, 0.15) is 57.9 Å². The van der Waals surface area contributed by atoms with Gasteiger partial charge >= 0.3 is 0 Å². The van der Waals surface area contributed by atoms with Crippen molar-refractivity contribution in [2.24, 2.45) is 29.1 Å². The molecule has 3 aliphatic rings. The van der Waals surface area contributed by atoms with Crippen LogP contribution in [0.3, 0.4) is 0 Å². The number of hydrogen-bond acceptors (Lipinski definition) is 4. The van der Waals surface area contributed by atoms with Crippen LogP contribution in [0.25, 0.3) is 0 Å². The standard InChI is InChI=1S/C25H34N2O4/c1-25(2)18-12-11-17(21(18)25)23(30)27-19(13-16-9-6-10-20(16)28)22(29)24(31)26-14-15-7-4-3-5-8-15/h3-5,7-8,16-19,21-22,29H,6,9-14H2,1-2H3,(H,26,31)(H,27,30)/t16-,17-,18-,19-,21+,22?/m0/s1. The van der Waals surface area contributed by atoms with Crippen molar-refractivity contribution in [3.8, 4) is 0 Å². The van der Waals surface area contributed by atoms with Crippen LogP contribution in [-0.2, 0) is 20.9 Å². The number of carbonyl (C=O) groups excluding carboxylic acids is 3. The van der Waals surface area contributed by atoms with Crippen LogP contribution in [0.15, 0.2) is 30.3 Å². The van der Waals surface area contributed by atoms with Gasteiger partial charge in [-0.3, -0.25) is 14.4 Å². The molecule has 6 heteroatoms. The molecule has 4 rings (SSSR count). The second-order valence-corrected chi connectivity index (χ2v) is 10.2. The van der Waals surface area contributed by atoms with Gasteiger partial charge < -0.3 is 15.7 Å². The molecule has 0 heterocycles. The molecule has 1 unspecified atom stereocenters. The fraction of sp³-hybridized carbons (Fsp3) is 0.640. The summed E-state index contributed by atoms with van der Waals surface area (Å²) in [5.41, 5.74) is 1.13. The summed E-state index contributed by atoms with van der Waals surface area (Å²) in [6.45, 7) is 4.73. The minimum absolute atomic E-state index is 0.0682. The summed E-state index contributed by atoms with van der Waals surface area (Å²) in [5.74, 6) is 0.277. The van der Waals surface area contributed by atoms with E-state index < -0.39 is 18.1 Å². The molecule has 6 nitrogen and oxygen atoms in total. The van der Waals surface area contributed by atoms with Crippen LogP contribution in [0.2, 0.25) is 0 Å². The quantitative estimate of drug-likeness (QED) is 0.595. The van der Waals surface area contributed by atoms with Crippen molar-refractivity contribution in [2.75, 3.05) is 0 Å². The molecule has 0 aromatic heterocycles. The van der Waals surface area contributed by atoms with Crippen LogP contribution in [0.5, 0.6) is 0 Å². The first-order valence-electron chi connectivity index (χ1n) is 11.6. The molecule has 168 valence electrons. The number of ketones is 1. The van der Waals surface area contributed by atoms with E-state index >= 15 is 0 Å². The average molecular weight is 427 g/mol. The highest BCUT2D eigenvalue weighted by atomic mass is 16.3. The van der Waals surface area contributed by atoms with Gasteiger partial charge in [-0.05, 0) is 54.9 Å². The molecule has 3 N–H and O–H groups in total. The van der Waals surface area contributed by atoms with Crippen LogP contribution >= 0.6 is 0 Å². The second-order valence-electron chi connectivity index (χ2n) is 10.2. The molecule has 3 fully saturated rings. The first kappa shape index (κ1) is 22.0. The Balaban J connectivity index is 1.41. The lowest BCUT2D eigenvalue weighted by Gasteiger charge is -2.28. The predicted molar refractivity (Wildman–Crippen MR) is 117 cm³/mol. The van der Waals surface area contributed by atoms with Gasteiger partial charge in [0, 0.05) is 24.8 Å².